The summed E-state index contributed by atoms with van der Waals surface area (Å²) in [6.07, 6.45) is 0. The van der Waals surface area contributed by atoms with Gasteiger partial charge in [0.15, 0.2) is 0 Å². The Kier molecular flexibility index (Phi) is 4.66. The van der Waals surface area contributed by atoms with Gasteiger partial charge in [-0.25, -0.2) is 0 Å². The molecule has 0 unspecified atom stereocenters. The third kappa shape index (κ3) is 3.66. The minimum absolute atomic E-state index is 0.144. The Hall–Kier alpha value is 1.10. The van der Waals surface area contributed by atoms with Crippen molar-refractivity contribution in [2.24, 2.45) is 0 Å². The molecule has 0 radical (unpaired) electrons. The van der Waals surface area contributed by atoms with Gasteiger partial charge >= 0.3 is 61.1 Å². The fraction of sp³-hybridized carbons (Fsp3) is 1.00. The van der Waals surface area contributed by atoms with Crippen LogP contribution in [0.1, 0.15) is 20.8 Å². The average Bonchev–Trinajstić information content (AvgIpc) is 1.65. The molecule has 0 fully saturated rings. The SMILES string of the molecule is CC[Si](=[Zr+2])C(C)C. The number of hydrogen-bond donors (Lipinski definition) is 0. The molecule has 0 aliphatic heterocycles. The Morgan fingerprint density at radius 3 is 2.00 bits per heavy atom. The molecule has 0 nitrogen and oxygen atoms in total. The van der Waals surface area contributed by atoms with Crippen LogP contribution in [0.5, 0.6) is 0 Å². The van der Waals surface area contributed by atoms with E-state index in [9.17, 15) is 0 Å². The molecule has 0 aromatic carbocycles. The second-order valence-electron chi connectivity index (χ2n) is 2.03. The second kappa shape index (κ2) is 4.03. The summed E-state index contributed by atoms with van der Waals surface area (Å²) in [6, 6.07) is 1.46. The molecule has 0 atom stereocenters. The van der Waals surface area contributed by atoms with E-state index >= 15 is 0 Å². The summed E-state index contributed by atoms with van der Waals surface area (Å²) >= 11 is 1.80. The Morgan fingerprint density at radius 2 is 2.00 bits per heavy atom. The molecule has 2 heteroatoms. The van der Waals surface area contributed by atoms with Crippen LogP contribution in [0.3, 0.4) is 0 Å². The van der Waals surface area contributed by atoms with Crippen LogP contribution < -0.4 is 0 Å². The summed E-state index contributed by atoms with van der Waals surface area (Å²) in [5, 5.41) is 0. The molecule has 0 saturated heterocycles. The van der Waals surface area contributed by atoms with Crippen molar-refractivity contribution in [2.75, 3.05) is 0 Å². The zero-order chi connectivity index (χ0) is 5.86. The Bertz CT molecular complexity index is 68.5. The van der Waals surface area contributed by atoms with Crippen molar-refractivity contribution in [1.82, 2.24) is 0 Å². The van der Waals surface area contributed by atoms with E-state index in [2.05, 4.69) is 20.8 Å². The van der Waals surface area contributed by atoms with E-state index in [1.165, 1.54) is 6.04 Å². The number of hydrogen-bond acceptors (Lipinski definition) is 0. The first-order chi connectivity index (χ1) is 3.18. The van der Waals surface area contributed by atoms with Crippen LogP contribution in [-0.2, 0) is 23.3 Å². The van der Waals surface area contributed by atoms with Crippen molar-refractivity contribution in [1.29, 1.82) is 0 Å². The topological polar surface area (TPSA) is 0 Å². The van der Waals surface area contributed by atoms with E-state index in [0.29, 0.717) is 0 Å². The van der Waals surface area contributed by atoms with Crippen LogP contribution in [0.25, 0.3) is 0 Å². The zero-order valence-electron chi connectivity index (χ0n) is 5.28. The third-order valence-corrected chi connectivity index (χ3v) is 10.1. The first-order valence-electron chi connectivity index (χ1n) is 2.75. The van der Waals surface area contributed by atoms with Crippen LogP contribution in [0.4, 0.5) is 0 Å². The van der Waals surface area contributed by atoms with Gasteiger partial charge < -0.3 is 0 Å². The van der Waals surface area contributed by atoms with Gasteiger partial charge in [-0.15, -0.1) is 0 Å². The molecular weight excluding hydrogens is 179 g/mol. The van der Waals surface area contributed by atoms with E-state index in [0.717, 1.165) is 5.54 Å². The van der Waals surface area contributed by atoms with E-state index < -0.39 is 0 Å². The third-order valence-electron chi connectivity index (χ3n) is 1.08. The number of rotatable bonds is 2. The molecule has 7 heavy (non-hydrogen) atoms. The van der Waals surface area contributed by atoms with Crippen LogP contribution in [0.2, 0.25) is 11.6 Å². The predicted molar refractivity (Wildman–Crippen MR) is 31.3 cm³/mol. The summed E-state index contributed by atoms with van der Waals surface area (Å²) in [4.78, 5) is 0. The summed E-state index contributed by atoms with van der Waals surface area (Å²) in [6.45, 7) is 6.99. The van der Waals surface area contributed by atoms with Gasteiger partial charge in [-0.2, -0.15) is 0 Å². The maximum atomic E-state index is 2.34. The summed E-state index contributed by atoms with van der Waals surface area (Å²) < 4.78 is 0. The van der Waals surface area contributed by atoms with E-state index in [4.69, 9.17) is 0 Å². The van der Waals surface area contributed by atoms with Gasteiger partial charge in [0, 0.05) is 0 Å². The van der Waals surface area contributed by atoms with E-state index in [1.54, 1.807) is 23.3 Å². The first kappa shape index (κ1) is 8.10. The average molecular weight is 191 g/mol. The zero-order valence-corrected chi connectivity index (χ0v) is 8.74. The fourth-order valence-corrected chi connectivity index (χ4v) is 1.22. The summed E-state index contributed by atoms with van der Waals surface area (Å²) in [7, 11) is 0. The van der Waals surface area contributed by atoms with Crippen molar-refractivity contribution in [2.45, 2.75) is 32.4 Å². The molecule has 0 bridgehead atoms. The molecule has 0 N–H and O–H groups in total. The molecule has 0 heterocycles. The van der Waals surface area contributed by atoms with E-state index in [-0.39, 0.29) is 5.43 Å². The predicted octanol–water partition coefficient (Wildman–Crippen LogP) is 1.95. The Balaban J connectivity index is 3.35. The van der Waals surface area contributed by atoms with Gasteiger partial charge in [0.1, 0.15) is 0 Å². The van der Waals surface area contributed by atoms with Gasteiger partial charge in [0.25, 0.3) is 0 Å². The van der Waals surface area contributed by atoms with Gasteiger partial charge in [-0.3, -0.25) is 0 Å². The molecule has 0 aliphatic rings. The van der Waals surface area contributed by atoms with Gasteiger partial charge in [0.05, 0.1) is 0 Å². The summed E-state index contributed by atoms with van der Waals surface area (Å²) in [5.74, 6) is 0. The van der Waals surface area contributed by atoms with Crippen LogP contribution in [0, 0.1) is 0 Å². The molecule has 0 saturated carbocycles. The van der Waals surface area contributed by atoms with Gasteiger partial charge in [-0.1, -0.05) is 0 Å². The second-order valence-corrected chi connectivity index (χ2v) is 9.68. The molecule has 0 rings (SSSR count). The van der Waals surface area contributed by atoms with Gasteiger partial charge in [0.2, 0.25) is 0 Å². The Labute approximate surface area is 61.1 Å². The summed E-state index contributed by atoms with van der Waals surface area (Å²) in [5.41, 5.74) is 1.15. The van der Waals surface area contributed by atoms with Crippen molar-refractivity contribution < 1.29 is 23.3 Å². The fourth-order valence-electron chi connectivity index (χ4n) is 0.408. The van der Waals surface area contributed by atoms with Crippen LogP contribution in [-0.4, -0.2) is 5.43 Å². The molecule has 38 valence electrons. The minimum atomic E-state index is 0.144. The maximum absolute atomic E-state index is 2.34. The van der Waals surface area contributed by atoms with Crippen molar-refractivity contribution in [3.63, 3.8) is 0 Å². The monoisotopic (exact) mass is 190 g/mol. The molecule has 0 spiro atoms. The molecule has 0 aromatic rings. The van der Waals surface area contributed by atoms with Crippen molar-refractivity contribution >= 4 is 5.43 Å². The molecule has 0 aromatic heterocycles. The molecule has 0 aliphatic carbocycles. The standard InChI is InChI=1S/C5H12Si.Zr/c1-4-6-5(2)3;/h5H,4H2,1-3H3;/q;+2. The molecular formula is C5H12SiZr+2. The quantitative estimate of drug-likeness (QED) is 0.585. The normalized spacial score (nSPS) is 10.0. The van der Waals surface area contributed by atoms with Crippen LogP contribution in [0.15, 0.2) is 0 Å². The first-order valence-corrected chi connectivity index (χ1v) is 8.23. The van der Waals surface area contributed by atoms with Crippen molar-refractivity contribution in [3.05, 3.63) is 0 Å². The van der Waals surface area contributed by atoms with Crippen LogP contribution >= 0.6 is 0 Å². The molecule has 0 amide bonds. The van der Waals surface area contributed by atoms with E-state index in [1.807, 2.05) is 0 Å². The Morgan fingerprint density at radius 1 is 1.57 bits per heavy atom. The van der Waals surface area contributed by atoms with Gasteiger partial charge in [-0.05, 0) is 0 Å². The van der Waals surface area contributed by atoms with Crippen molar-refractivity contribution in [3.8, 4) is 0 Å².